The predicted molar refractivity (Wildman–Crippen MR) is 83.6 cm³/mol. The third kappa shape index (κ3) is 4.39. The molecule has 1 saturated heterocycles. The van der Waals surface area contributed by atoms with E-state index in [1.165, 1.54) is 38.0 Å². The number of halogens is 1. The predicted octanol–water partition coefficient (Wildman–Crippen LogP) is 3.83. The lowest BCUT2D eigenvalue weighted by molar-refractivity contribution is 0.140. The quantitative estimate of drug-likeness (QED) is 0.849. The topological polar surface area (TPSA) is 29.3 Å². The monoisotopic (exact) mass is 280 g/mol. The Morgan fingerprint density at radius 2 is 1.95 bits per heavy atom. The molecule has 0 bridgehead atoms. The van der Waals surface area contributed by atoms with Gasteiger partial charge < -0.3 is 10.6 Å². The van der Waals surface area contributed by atoms with E-state index in [0.717, 1.165) is 18.3 Å². The van der Waals surface area contributed by atoms with E-state index >= 15 is 0 Å². The molecule has 1 aliphatic heterocycles. The Hall–Kier alpha value is -0.730. The average molecular weight is 281 g/mol. The fraction of sp³-hybridized carbons (Fsp3) is 0.625. The van der Waals surface area contributed by atoms with Crippen molar-refractivity contribution in [3.8, 4) is 0 Å². The van der Waals surface area contributed by atoms with Crippen LogP contribution in [0, 0.1) is 11.8 Å². The van der Waals surface area contributed by atoms with Gasteiger partial charge in [0.1, 0.15) is 0 Å². The molecule has 1 aromatic carbocycles. The van der Waals surface area contributed by atoms with Crippen LogP contribution in [0.1, 0.15) is 32.3 Å². The number of nitrogen functional groups attached to an aromatic ring is 1. The smallest absolute Gasteiger partial charge is 0.0635 e. The minimum atomic E-state index is 0.655. The second kappa shape index (κ2) is 6.62. The van der Waals surface area contributed by atoms with Gasteiger partial charge in [0, 0.05) is 13.1 Å². The number of nitrogens with two attached hydrogens (primary N) is 1. The Kier molecular flexibility index (Phi) is 5.12. The summed E-state index contributed by atoms with van der Waals surface area (Å²) in [5.74, 6) is 1.69. The molecule has 1 heterocycles. The van der Waals surface area contributed by atoms with Crippen molar-refractivity contribution >= 4 is 17.3 Å². The maximum Gasteiger partial charge on any atom is 0.0635 e. The molecule has 19 heavy (non-hydrogen) atoms. The van der Waals surface area contributed by atoms with Crippen LogP contribution in [-0.4, -0.2) is 24.5 Å². The molecule has 0 saturated carbocycles. The van der Waals surface area contributed by atoms with Gasteiger partial charge in [0.2, 0.25) is 0 Å². The van der Waals surface area contributed by atoms with E-state index in [1.54, 1.807) is 0 Å². The lowest BCUT2D eigenvalue weighted by Crippen LogP contribution is -2.39. The van der Waals surface area contributed by atoms with Crippen LogP contribution in [0.25, 0.3) is 0 Å². The molecular formula is C16H25ClN2. The minimum Gasteiger partial charge on any atom is -0.398 e. The van der Waals surface area contributed by atoms with Crippen LogP contribution in [0.4, 0.5) is 5.69 Å². The van der Waals surface area contributed by atoms with Gasteiger partial charge in [-0.3, -0.25) is 0 Å². The summed E-state index contributed by atoms with van der Waals surface area (Å²) in [6.45, 7) is 8.43. The zero-order valence-corrected chi connectivity index (χ0v) is 12.8. The molecule has 0 aromatic heterocycles. The largest absolute Gasteiger partial charge is 0.398 e. The molecule has 2 rings (SSSR count). The molecule has 106 valence electrons. The number of benzene rings is 1. The second-order valence-electron chi connectivity index (χ2n) is 6.17. The van der Waals surface area contributed by atoms with Gasteiger partial charge >= 0.3 is 0 Å². The number of piperidine rings is 1. The normalized spacial score (nSPS) is 24.6. The molecule has 2 atom stereocenters. The average Bonchev–Trinajstić information content (AvgIpc) is 2.32. The van der Waals surface area contributed by atoms with Crippen LogP contribution >= 0.6 is 11.6 Å². The summed E-state index contributed by atoms with van der Waals surface area (Å²) < 4.78 is 0. The molecule has 2 N–H and O–H groups in total. The van der Waals surface area contributed by atoms with Gasteiger partial charge in [-0.2, -0.15) is 0 Å². The third-order valence-corrected chi connectivity index (χ3v) is 4.29. The van der Waals surface area contributed by atoms with E-state index in [-0.39, 0.29) is 0 Å². The highest BCUT2D eigenvalue weighted by molar-refractivity contribution is 6.33. The number of nitrogens with zero attached hydrogens (tertiary/aromatic N) is 1. The molecule has 0 radical (unpaired) electrons. The van der Waals surface area contributed by atoms with Gasteiger partial charge in [-0.1, -0.05) is 31.5 Å². The zero-order chi connectivity index (χ0) is 13.8. The lowest BCUT2D eigenvalue weighted by Gasteiger charge is -2.34. The Bertz CT molecular complexity index is 409. The highest BCUT2D eigenvalue weighted by Crippen LogP contribution is 2.22. The number of aryl methyl sites for hydroxylation is 1. The van der Waals surface area contributed by atoms with Crippen molar-refractivity contribution in [1.82, 2.24) is 4.90 Å². The van der Waals surface area contributed by atoms with Crippen LogP contribution in [-0.2, 0) is 6.42 Å². The Morgan fingerprint density at radius 1 is 1.26 bits per heavy atom. The summed E-state index contributed by atoms with van der Waals surface area (Å²) >= 11 is 5.94. The summed E-state index contributed by atoms with van der Waals surface area (Å²) in [6, 6.07) is 5.99. The van der Waals surface area contributed by atoms with Crippen molar-refractivity contribution in [3.05, 3.63) is 28.8 Å². The molecule has 1 aromatic rings. The Morgan fingerprint density at radius 3 is 2.58 bits per heavy atom. The summed E-state index contributed by atoms with van der Waals surface area (Å²) in [4.78, 5) is 2.61. The first-order valence-electron chi connectivity index (χ1n) is 7.31. The van der Waals surface area contributed by atoms with E-state index in [2.05, 4.69) is 24.8 Å². The van der Waals surface area contributed by atoms with Crippen LogP contribution < -0.4 is 5.73 Å². The summed E-state index contributed by atoms with van der Waals surface area (Å²) in [6.07, 6.45) is 3.66. The molecule has 2 unspecified atom stereocenters. The van der Waals surface area contributed by atoms with Gasteiger partial charge in [0.25, 0.3) is 0 Å². The summed E-state index contributed by atoms with van der Waals surface area (Å²) in [5, 5.41) is 0.655. The zero-order valence-electron chi connectivity index (χ0n) is 12.0. The third-order valence-electron chi connectivity index (χ3n) is 3.94. The number of anilines is 1. The molecule has 0 amide bonds. The molecule has 2 nitrogen and oxygen atoms in total. The molecule has 1 aliphatic rings. The van der Waals surface area contributed by atoms with Crippen molar-refractivity contribution in [1.29, 1.82) is 0 Å². The molecule has 3 heteroatoms. The van der Waals surface area contributed by atoms with Crippen molar-refractivity contribution in [2.75, 3.05) is 25.4 Å². The fourth-order valence-corrected chi connectivity index (χ4v) is 3.35. The number of likely N-dealkylation sites (tertiary alicyclic amines) is 1. The number of hydrogen-bond acceptors (Lipinski definition) is 2. The maximum atomic E-state index is 5.94. The SMILES string of the molecule is CC1CC(C)CN(CCCc2ccc(Cl)c(N)c2)C1. The van der Waals surface area contributed by atoms with Crippen molar-refractivity contribution in [3.63, 3.8) is 0 Å². The first kappa shape index (κ1) is 14.7. The summed E-state index contributed by atoms with van der Waals surface area (Å²) in [7, 11) is 0. The van der Waals surface area contributed by atoms with Gasteiger partial charge in [0.05, 0.1) is 10.7 Å². The fourth-order valence-electron chi connectivity index (χ4n) is 3.23. The molecule has 0 aliphatic carbocycles. The standard InChI is InChI=1S/C16H25ClN2/c1-12-8-13(2)11-19(10-12)7-3-4-14-5-6-15(17)16(18)9-14/h5-6,9,12-13H,3-4,7-8,10-11,18H2,1-2H3. The highest BCUT2D eigenvalue weighted by atomic mass is 35.5. The number of hydrogen-bond donors (Lipinski definition) is 1. The molecule has 0 spiro atoms. The van der Waals surface area contributed by atoms with Gasteiger partial charge in [-0.15, -0.1) is 0 Å². The lowest BCUT2D eigenvalue weighted by atomic mass is 9.92. The van der Waals surface area contributed by atoms with Crippen LogP contribution in [0.3, 0.4) is 0 Å². The molecular weight excluding hydrogens is 256 g/mol. The first-order chi connectivity index (χ1) is 9.04. The van der Waals surface area contributed by atoms with Crippen molar-refractivity contribution < 1.29 is 0 Å². The van der Waals surface area contributed by atoms with Crippen LogP contribution in [0.15, 0.2) is 18.2 Å². The van der Waals surface area contributed by atoms with Gasteiger partial charge in [0.15, 0.2) is 0 Å². The van der Waals surface area contributed by atoms with Crippen molar-refractivity contribution in [2.24, 2.45) is 11.8 Å². The van der Waals surface area contributed by atoms with Crippen molar-refractivity contribution in [2.45, 2.75) is 33.1 Å². The van der Waals surface area contributed by atoms with Crippen LogP contribution in [0.5, 0.6) is 0 Å². The van der Waals surface area contributed by atoms with E-state index in [9.17, 15) is 0 Å². The van der Waals surface area contributed by atoms with Gasteiger partial charge in [-0.25, -0.2) is 0 Å². The van der Waals surface area contributed by atoms with Gasteiger partial charge in [-0.05, 0) is 55.3 Å². The van der Waals surface area contributed by atoms with E-state index < -0.39 is 0 Å². The van der Waals surface area contributed by atoms with E-state index in [1.807, 2.05) is 12.1 Å². The number of rotatable bonds is 4. The Labute approximate surface area is 121 Å². The maximum absolute atomic E-state index is 5.94. The minimum absolute atomic E-state index is 0.655. The van der Waals surface area contributed by atoms with Crippen LogP contribution in [0.2, 0.25) is 5.02 Å². The Balaban J connectivity index is 1.78. The highest BCUT2D eigenvalue weighted by Gasteiger charge is 2.20. The molecule has 1 fully saturated rings. The summed E-state index contributed by atoms with van der Waals surface area (Å²) in [5.41, 5.74) is 7.81. The van der Waals surface area contributed by atoms with E-state index in [4.69, 9.17) is 17.3 Å². The van der Waals surface area contributed by atoms with E-state index in [0.29, 0.717) is 10.7 Å². The first-order valence-corrected chi connectivity index (χ1v) is 7.68. The second-order valence-corrected chi connectivity index (χ2v) is 6.57.